The minimum atomic E-state index is -0.540. The van der Waals surface area contributed by atoms with E-state index < -0.39 is 11.5 Å². The van der Waals surface area contributed by atoms with Crippen LogP contribution in [0.3, 0.4) is 0 Å². The molecule has 2 aromatic rings. The van der Waals surface area contributed by atoms with Crippen LogP contribution >= 0.6 is 11.6 Å². The fourth-order valence-corrected chi connectivity index (χ4v) is 2.52. The van der Waals surface area contributed by atoms with Gasteiger partial charge in [-0.1, -0.05) is 57.8 Å². The molecular weight excluding hydrogens is 350 g/mol. The number of benzene rings is 1. The molecule has 140 valence electrons. The highest BCUT2D eigenvalue weighted by Crippen LogP contribution is 2.29. The average Bonchev–Trinajstić information content (AvgIpc) is 2.60. The summed E-state index contributed by atoms with van der Waals surface area (Å²) in [6.45, 7) is 8.37. The van der Waals surface area contributed by atoms with E-state index in [4.69, 9.17) is 16.3 Å². The summed E-state index contributed by atoms with van der Waals surface area (Å²) in [7, 11) is 0. The molecule has 0 saturated heterocycles. The van der Waals surface area contributed by atoms with Crippen molar-refractivity contribution in [2.24, 2.45) is 5.41 Å². The first-order chi connectivity index (χ1) is 12.3. The summed E-state index contributed by atoms with van der Waals surface area (Å²) in [6.07, 6.45) is 5.15. The Bertz CT molecular complexity index is 744. The van der Waals surface area contributed by atoms with Gasteiger partial charge in [-0.3, -0.25) is 9.78 Å². The van der Waals surface area contributed by atoms with Gasteiger partial charge >= 0.3 is 0 Å². The molecule has 2 rings (SSSR count). The molecule has 1 amide bonds. The van der Waals surface area contributed by atoms with Crippen LogP contribution in [-0.4, -0.2) is 22.5 Å². The molecule has 1 N–H and O–H groups in total. The standard InChI is InChI=1S/C20H26ClN3O2/c1-5-6-12-26-15-9-7-8-14(13-15)16(24-19(25)20(2,3)4)17-18(21)23-11-10-22-17/h7-11,13,16H,5-6,12H2,1-4H3,(H,24,25). The molecule has 6 heteroatoms. The first-order valence-corrected chi connectivity index (χ1v) is 9.21. The molecule has 0 bridgehead atoms. The molecule has 0 spiro atoms. The van der Waals surface area contributed by atoms with E-state index in [0.29, 0.717) is 12.3 Å². The first-order valence-electron chi connectivity index (χ1n) is 8.83. The summed E-state index contributed by atoms with van der Waals surface area (Å²) in [4.78, 5) is 21.0. The Balaban J connectivity index is 2.36. The van der Waals surface area contributed by atoms with E-state index in [0.717, 1.165) is 24.2 Å². The van der Waals surface area contributed by atoms with Crippen molar-refractivity contribution < 1.29 is 9.53 Å². The minimum absolute atomic E-state index is 0.0958. The number of aromatic nitrogens is 2. The second-order valence-corrected chi connectivity index (χ2v) is 7.52. The number of rotatable bonds is 7. The predicted octanol–water partition coefficient (Wildman–Crippen LogP) is 4.56. The molecule has 1 heterocycles. The van der Waals surface area contributed by atoms with E-state index >= 15 is 0 Å². The second kappa shape index (κ2) is 8.99. The van der Waals surface area contributed by atoms with Gasteiger partial charge in [0.2, 0.25) is 5.91 Å². The Morgan fingerprint density at radius 2 is 2.00 bits per heavy atom. The highest BCUT2D eigenvalue weighted by Gasteiger charge is 2.28. The van der Waals surface area contributed by atoms with Crippen LogP contribution in [0.4, 0.5) is 0 Å². The van der Waals surface area contributed by atoms with Gasteiger partial charge in [-0.25, -0.2) is 4.98 Å². The van der Waals surface area contributed by atoms with Crippen molar-refractivity contribution in [3.8, 4) is 5.75 Å². The average molecular weight is 376 g/mol. The zero-order chi connectivity index (χ0) is 19.2. The molecule has 1 atom stereocenters. The summed E-state index contributed by atoms with van der Waals surface area (Å²) in [5.74, 6) is 0.660. The van der Waals surface area contributed by atoms with E-state index in [9.17, 15) is 4.79 Å². The maximum Gasteiger partial charge on any atom is 0.226 e. The summed E-state index contributed by atoms with van der Waals surface area (Å²) in [5, 5.41) is 3.31. The Kier molecular flexibility index (Phi) is 6.98. The van der Waals surface area contributed by atoms with Gasteiger partial charge < -0.3 is 10.1 Å². The van der Waals surface area contributed by atoms with E-state index in [1.807, 2.05) is 45.0 Å². The van der Waals surface area contributed by atoms with Gasteiger partial charge in [-0.15, -0.1) is 0 Å². The molecule has 0 radical (unpaired) electrons. The lowest BCUT2D eigenvalue weighted by molar-refractivity contribution is -0.129. The number of hydrogen-bond donors (Lipinski definition) is 1. The van der Waals surface area contributed by atoms with Crippen molar-refractivity contribution in [1.82, 2.24) is 15.3 Å². The number of ether oxygens (including phenoxy) is 1. The van der Waals surface area contributed by atoms with Crippen LogP contribution in [-0.2, 0) is 4.79 Å². The van der Waals surface area contributed by atoms with Crippen molar-refractivity contribution in [2.75, 3.05) is 6.61 Å². The molecule has 1 unspecified atom stereocenters. The number of amides is 1. The first kappa shape index (κ1) is 20.2. The van der Waals surface area contributed by atoms with Gasteiger partial charge in [0.15, 0.2) is 5.15 Å². The van der Waals surface area contributed by atoms with E-state index in [2.05, 4.69) is 22.2 Å². The van der Waals surface area contributed by atoms with Crippen molar-refractivity contribution in [2.45, 2.75) is 46.6 Å². The monoisotopic (exact) mass is 375 g/mol. The van der Waals surface area contributed by atoms with Crippen LogP contribution in [0.15, 0.2) is 36.7 Å². The topological polar surface area (TPSA) is 64.1 Å². The SMILES string of the molecule is CCCCOc1cccc(C(NC(=O)C(C)(C)C)c2nccnc2Cl)c1. The van der Waals surface area contributed by atoms with Gasteiger partial charge in [-0.05, 0) is 24.1 Å². The van der Waals surface area contributed by atoms with E-state index in [-0.39, 0.29) is 11.1 Å². The highest BCUT2D eigenvalue weighted by molar-refractivity contribution is 6.30. The fourth-order valence-electron chi connectivity index (χ4n) is 2.30. The number of carbonyl (C=O) groups excluding carboxylic acids is 1. The number of halogens is 1. The van der Waals surface area contributed by atoms with Crippen LogP contribution in [0.2, 0.25) is 5.15 Å². The lowest BCUT2D eigenvalue weighted by Gasteiger charge is -2.25. The third-order valence-electron chi connectivity index (χ3n) is 3.87. The third-order valence-corrected chi connectivity index (χ3v) is 4.16. The van der Waals surface area contributed by atoms with Crippen LogP contribution in [0.1, 0.15) is 57.8 Å². The summed E-state index contributed by atoms with van der Waals surface area (Å²) >= 11 is 6.25. The molecular formula is C20H26ClN3O2. The third kappa shape index (κ3) is 5.43. The van der Waals surface area contributed by atoms with E-state index in [1.54, 1.807) is 6.20 Å². The van der Waals surface area contributed by atoms with Gasteiger partial charge in [-0.2, -0.15) is 0 Å². The Labute approximate surface area is 160 Å². The number of hydrogen-bond acceptors (Lipinski definition) is 4. The van der Waals surface area contributed by atoms with Crippen LogP contribution in [0.5, 0.6) is 5.75 Å². The second-order valence-electron chi connectivity index (χ2n) is 7.16. The molecule has 0 aliphatic carbocycles. The molecule has 5 nitrogen and oxygen atoms in total. The van der Waals surface area contributed by atoms with Crippen LogP contribution < -0.4 is 10.1 Å². The summed E-state index contributed by atoms with van der Waals surface area (Å²) in [6, 6.07) is 7.13. The van der Waals surface area contributed by atoms with Crippen molar-refractivity contribution in [3.63, 3.8) is 0 Å². The Hall–Kier alpha value is -2.14. The maximum absolute atomic E-state index is 12.6. The van der Waals surface area contributed by atoms with Crippen molar-refractivity contribution in [3.05, 3.63) is 53.1 Å². The number of nitrogens with one attached hydrogen (secondary N) is 1. The molecule has 0 saturated carbocycles. The zero-order valence-corrected chi connectivity index (χ0v) is 16.5. The number of nitrogens with zero attached hydrogens (tertiary/aromatic N) is 2. The molecule has 0 aliphatic rings. The van der Waals surface area contributed by atoms with Gasteiger partial charge in [0.05, 0.1) is 12.6 Å². The largest absolute Gasteiger partial charge is 0.494 e. The van der Waals surface area contributed by atoms with Gasteiger partial charge in [0.1, 0.15) is 11.4 Å². The minimum Gasteiger partial charge on any atom is -0.494 e. The van der Waals surface area contributed by atoms with Gasteiger partial charge in [0.25, 0.3) is 0 Å². The van der Waals surface area contributed by atoms with Gasteiger partial charge in [0, 0.05) is 17.8 Å². The van der Waals surface area contributed by atoms with Crippen molar-refractivity contribution in [1.29, 1.82) is 0 Å². The Morgan fingerprint density at radius 3 is 2.65 bits per heavy atom. The molecule has 0 fully saturated rings. The lowest BCUT2D eigenvalue weighted by atomic mass is 9.94. The molecule has 26 heavy (non-hydrogen) atoms. The zero-order valence-electron chi connectivity index (χ0n) is 15.8. The number of carbonyl (C=O) groups is 1. The van der Waals surface area contributed by atoms with Crippen molar-refractivity contribution >= 4 is 17.5 Å². The summed E-state index contributed by atoms with van der Waals surface area (Å²) < 4.78 is 5.79. The fraction of sp³-hybridized carbons (Fsp3) is 0.450. The Morgan fingerprint density at radius 1 is 1.27 bits per heavy atom. The van der Waals surface area contributed by atoms with Crippen LogP contribution in [0, 0.1) is 5.41 Å². The molecule has 1 aromatic carbocycles. The molecule has 0 aliphatic heterocycles. The quantitative estimate of drug-likeness (QED) is 0.720. The smallest absolute Gasteiger partial charge is 0.226 e. The van der Waals surface area contributed by atoms with E-state index in [1.165, 1.54) is 6.20 Å². The predicted molar refractivity (Wildman–Crippen MR) is 103 cm³/mol. The lowest BCUT2D eigenvalue weighted by Crippen LogP contribution is -2.38. The number of unbranched alkanes of at least 4 members (excludes halogenated alkanes) is 1. The van der Waals surface area contributed by atoms with Crippen LogP contribution in [0.25, 0.3) is 0 Å². The maximum atomic E-state index is 12.6. The molecule has 1 aromatic heterocycles. The summed E-state index contributed by atoms with van der Waals surface area (Å²) in [5.41, 5.74) is 0.818. The highest BCUT2D eigenvalue weighted by atomic mass is 35.5. The normalized spacial score (nSPS) is 12.5.